The summed E-state index contributed by atoms with van der Waals surface area (Å²) in [6.07, 6.45) is 3.77. The number of carbonyl (C=O) groups excluding carboxylic acids is 2. The Labute approximate surface area is 252 Å². The van der Waals surface area contributed by atoms with E-state index in [0.29, 0.717) is 51.7 Å². The first-order valence-corrected chi connectivity index (χ1v) is 14.9. The van der Waals surface area contributed by atoms with E-state index >= 15 is 0 Å². The molecular weight excluding hydrogens is 565 g/mol. The van der Waals surface area contributed by atoms with Crippen LogP contribution < -0.4 is 15.5 Å². The lowest BCUT2D eigenvalue weighted by Crippen LogP contribution is -2.51. The minimum absolute atomic E-state index is 0.0110. The fraction of sp³-hybridized carbons (Fsp3) is 0.600. The molecule has 1 aliphatic carbocycles. The van der Waals surface area contributed by atoms with E-state index in [1.54, 1.807) is 32.9 Å². The van der Waals surface area contributed by atoms with Gasteiger partial charge in [-0.25, -0.2) is 19.6 Å². The maximum absolute atomic E-state index is 12.8. The second-order valence-corrected chi connectivity index (χ2v) is 13.8. The van der Waals surface area contributed by atoms with Gasteiger partial charge in [0.2, 0.25) is 0 Å². The van der Waals surface area contributed by atoms with Gasteiger partial charge in [-0.05, 0) is 85.6 Å². The molecule has 2 N–H and O–H groups in total. The topological polar surface area (TPSA) is 106 Å². The molecule has 41 heavy (non-hydrogen) atoms. The third-order valence-electron chi connectivity index (χ3n) is 7.53. The highest BCUT2D eigenvalue weighted by atomic mass is 35.5. The molecule has 1 spiro atoms. The summed E-state index contributed by atoms with van der Waals surface area (Å²) in [5, 5.41) is 6.75. The molecule has 1 atom stereocenters. The Balaban J connectivity index is 1.60. The highest BCUT2D eigenvalue weighted by molar-refractivity contribution is 6.43. The zero-order valence-corrected chi connectivity index (χ0v) is 26.5. The number of aromatic nitrogens is 2. The Morgan fingerprint density at radius 1 is 0.976 bits per heavy atom. The summed E-state index contributed by atoms with van der Waals surface area (Å²) in [5.41, 5.74) is 0.570. The summed E-state index contributed by atoms with van der Waals surface area (Å²) < 4.78 is 11.1. The van der Waals surface area contributed by atoms with E-state index in [9.17, 15) is 9.59 Å². The number of hydrogen-bond donors (Lipinski definition) is 2. The Bertz CT molecular complexity index is 1300. The van der Waals surface area contributed by atoms with E-state index in [1.807, 2.05) is 33.8 Å². The molecule has 11 heteroatoms. The summed E-state index contributed by atoms with van der Waals surface area (Å²) >= 11 is 12.8. The van der Waals surface area contributed by atoms with Crippen molar-refractivity contribution < 1.29 is 19.1 Å². The maximum atomic E-state index is 12.8. The third kappa shape index (κ3) is 7.55. The first-order valence-electron chi connectivity index (χ1n) is 14.1. The average Bonchev–Trinajstić information content (AvgIpc) is 3.21. The Morgan fingerprint density at radius 3 is 2.24 bits per heavy atom. The van der Waals surface area contributed by atoms with Gasteiger partial charge in [0.1, 0.15) is 11.2 Å². The van der Waals surface area contributed by atoms with Crippen LogP contribution in [0.2, 0.25) is 10.0 Å². The van der Waals surface area contributed by atoms with Gasteiger partial charge in [0.15, 0.2) is 11.6 Å². The molecule has 0 unspecified atom stereocenters. The Hall–Kier alpha value is -2.78. The fourth-order valence-electron chi connectivity index (χ4n) is 5.73. The highest BCUT2D eigenvalue weighted by Crippen LogP contribution is 2.47. The number of halogens is 2. The van der Waals surface area contributed by atoms with E-state index in [1.165, 1.54) is 0 Å². The van der Waals surface area contributed by atoms with Crippen LogP contribution in [0.1, 0.15) is 79.3 Å². The smallest absolute Gasteiger partial charge is 0.413 e. The van der Waals surface area contributed by atoms with Crippen molar-refractivity contribution in [3.8, 4) is 11.3 Å². The molecular formula is C30H41Cl2N5O4. The van der Waals surface area contributed by atoms with Crippen LogP contribution in [-0.2, 0) is 9.47 Å². The van der Waals surface area contributed by atoms with Crippen LogP contribution in [0, 0.1) is 12.3 Å². The van der Waals surface area contributed by atoms with Gasteiger partial charge in [-0.1, -0.05) is 41.8 Å². The lowest BCUT2D eigenvalue weighted by Gasteiger charge is -2.44. The van der Waals surface area contributed by atoms with Gasteiger partial charge in [0.05, 0.1) is 21.4 Å². The first kappa shape index (κ1) is 31.2. The van der Waals surface area contributed by atoms with Crippen LogP contribution in [0.3, 0.4) is 0 Å². The number of carbonyl (C=O) groups is 2. The number of benzene rings is 1. The maximum Gasteiger partial charge on any atom is 0.413 e. The van der Waals surface area contributed by atoms with Gasteiger partial charge >= 0.3 is 12.2 Å². The van der Waals surface area contributed by atoms with E-state index in [0.717, 1.165) is 32.1 Å². The van der Waals surface area contributed by atoms with Gasteiger partial charge in [-0.3, -0.25) is 5.32 Å². The second kappa shape index (κ2) is 11.8. The quantitative estimate of drug-likeness (QED) is 0.366. The SMILES string of the molecule is Cc1nc(N2CCC3(CCC[C@H]3NC(=O)OC(C)(C)C)CC2)c(NC(=O)OC(C)(C)C)nc1-c1cccc(Cl)c1Cl. The summed E-state index contributed by atoms with van der Waals surface area (Å²) in [7, 11) is 0. The van der Waals surface area contributed by atoms with Crippen molar-refractivity contribution >= 4 is 47.0 Å². The minimum atomic E-state index is -0.683. The number of piperidine rings is 1. The van der Waals surface area contributed by atoms with Gasteiger partial charge in [-0.15, -0.1) is 0 Å². The number of anilines is 2. The second-order valence-electron chi connectivity index (χ2n) is 13.0. The summed E-state index contributed by atoms with van der Waals surface area (Å²) in [4.78, 5) is 37.3. The molecule has 2 aromatic rings. The monoisotopic (exact) mass is 605 g/mol. The minimum Gasteiger partial charge on any atom is -0.444 e. The van der Waals surface area contributed by atoms with Crippen LogP contribution in [0.15, 0.2) is 18.2 Å². The standard InChI is InChI=1S/C30H41Cl2N5O4/c1-18-23(19-10-8-11-20(31)22(19)32)35-24(36-27(39)41-29(5,6)7)25(33-18)37-16-14-30(15-17-37)13-9-12-21(30)34-26(38)40-28(2,3)4/h8,10-11,21H,9,12-17H2,1-7H3,(H,34,38)(H,35,36,39)/t21-/m1/s1. The zero-order valence-electron chi connectivity index (χ0n) is 25.0. The number of aryl methyl sites for hydroxylation is 1. The number of rotatable bonds is 4. The predicted octanol–water partition coefficient (Wildman–Crippen LogP) is 7.77. The van der Waals surface area contributed by atoms with E-state index in [4.69, 9.17) is 42.6 Å². The van der Waals surface area contributed by atoms with E-state index in [2.05, 4.69) is 15.5 Å². The largest absolute Gasteiger partial charge is 0.444 e. The molecule has 1 aromatic heterocycles. The van der Waals surface area contributed by atoms with Crippen LogP contribution in [0.4, 0.5) is 21.2 Å². The van der Waals surface area contributed by atoms with Gasteiger partial charge < -0.3 is 19.7 Å². The third-order valence-corrected chi connectivity index (χ3v) is 8.35. The molecule has 1 saturated heterocycles. The van der Waals surface area contributed by atoms with Crippen LogP contribution in [0.5, 0.6) is 0 Å². The van der Waals surface area contributed by atoms with Crippen molar-refractivity contribution in [3.63, 3.8) is 0 Å². The van der Waals surface area contributed by atoms with Crippen molar-refractivity contribution in [3.05, 3.63) is 33.9 Å². The molecule has 2 amide bonds. The molecule has 4 rings (SSSR count). The Morgan fingerprint density at radius 2 is 1.61 bits per heavy atom. The number of hydrogen-bond acceptors (Lipinski definition) is 7. The van der Waals surface area contributed by atoms with Gasteiger partial charge in [0, 0.05) is 24.7 Å². The van der Waals surface area contributed by atoms with Crippen LogP contribution in [-0.4, -0.2) is 52.5 Å². The molecule has 224 valence electrons. The van der Waals surface area contributed by atoms with Crippen molar-refractivity contribution in [1.29, 1.82) is 0 Å². The number of nitrogens with zero attached hydrogens (tertiary/aromatic N) is 3. The van der Waals surface area contributed by atoms with Gasteiger partial charge in [0.25, 0.3) is 0 Å². The summed E-state index contributed by atoms with van der Waals surface area (Å²) in [6, 6.07) is 5.39. The highest BCUT2D eigenvalue weighted by Gasteiger charge is 2.46. The van der Waals surface area contributed by atoms with Crippen molar-refractivity contribution in [2.24, 2.45) is 5.41 Å². The summed E-state index contributed by atoms with van der Waals surface area (Å²) in [6.45, 7) is 14.3. The Kier molecular flexibility index (Phi) is 9.00. The van der Waals surface area contributed by atoms with Crippen molar-refractivity contribution in [2.45, 2.75) is 97.8 Å². The number of nitrogens with one attached hydrogen (secondary N) is 2. The molecule has 1 aliphatic heterocycles. The summed E-state index contributed by atoms with van der Waals surface area (Å²) in [5.74, 6) is 0.862. The normalized spacial score (nSPS) is 18.8. The predicted molar refractivity (Wildman–Crippen MR) is 163 cm³/mol. The lowest BCUT2D eigenvalue weighted by molar-refractivity contribution is 0.0441. The zero-order chi connectivity index (χ0) is 30.2. The molecule has 0 bridgehead atoms. The molecule has 9 nitrogen and oxygen atoms in total. The van der Waals surface area contributed by atoms with E-state index < -0.39 is 17.3 Å². The molecule has 2 fully saturated rings. The molecule has 2 heterocycles. The fourth-order valence-corrected chi connectivity index (χ4v) is 6.12. The number of ether oxygens (including phenoxy) is 2. The van der Waals surface area contributed by atoms with E-state index in [-0.39, 0.29) is 17.6 Å². The first-order chi connectivity index (χ1) is 19.1. The number of amides is 2. The van der Waals surface area contributed by atoms with Gasteiger partial charge in [-0.2, -0.15) is 0 Å². The lowest BCUT2D eigenvalue weighted by atomic mass is 9.74. The molecule has 1 aromatic carbocycles. The molecule has 1 saturated carbocycles. The average molecular weight is 607 g/mol. The van der Waals surface area contributed by atoms with Crippen molar-refractivity contribution in [1.82, 2.24) is 15.3 Å². The number of alkyl carbamates (subject to hydrolysis) is 1. The molecule has 0 radical (unpaired) electrons. The van der Waals surface area contributed by atoms with Crippen LogP contribution in [0.25, 0.3) is 11.3 Å². The van der Waals surface area contributed by atoms with Crippen molar-refractivity contribution in [2.75, 3.05) is 23.3 Å². The molecule has 2 aliphatic rings. The van der Waals surface area contributed by atoms with Crippen LogP contribution >= 0.6 is 23.2 Å².